The molecule has 5 nitrogen and oxygen atoms in total. The Balaban J connectivity index is 1.26. The quantitative estimate of drug-likeness (QED) is 0.568. The molecule has 0 unspecified atom stereocenters. The Bertz CT molecular complexity index is 1150. The van der Waals surface area contributed by atoms with Crippen LogP contribution in [0.3, 0.4) is 0 Å². The molecule has 0 aliphatic carbocycles. The molecule has 4 heterocycles. The van der Waals surface area contributed by atoms with Crippen LogP contribution in [0.5, 0.6) is 5.75 Å². The zero-order valence-corrected chi connectivity index (χ0v) is 19.1. The van der Waals surface area contributed by atoms with Crippen molar-refractivity contribution < 1.29 is 9.53 Å². The van der Waals surface area contributed by atoms with Gasteiger partial charge in [-0.3, -0.25) is 9.69 Å². The number of carbonyl (C=O) groups is 1. The van der Waals surface area contributed by atoms with Crippen LogP contribution in [0, 0.1) is 5.92 Å². The van der Waals surface area contributed by atoms with E-state index in [0.717, 1.165) is 54.2 Å². The first-order valence-corrected chi connectivity index (χ1v) is 12.2. The Labute approximate surface area is 192 Å². The van der Waals surface area contributed by atoms with Crippen LogP contribution >= 0.6 is 11.3 Å². The van der Waals surface area contributed by atoms with Crippen molar-refractivity contribution in [2.45, 2.75) is 37.4 Å². The molecular weight excluding hydrogens is 418 g/mol. The summed E-state index contributed by atoms with van der Waals surface area (Å²) in [5.74, 6) is 1.54. The highest BCUT2D eigenvalue weighted by molar-refractivity contribution is 7.15. The first-order chi connectivity index (χ1) is 15.7. The van der Waals surface area contributed by atoms with E-state index >= 15 is 0 Å². The monoisotopic (exact) mass is 445 g/mol. The van der Waals surface area contributed by atoms with E-state index in [4.69, 9.17) is 9.72 Å². The topological polar surface area (TPSA) is 45.7 Å². The van der Waals surface area contributed by atoms with E-state index in [1.165, 1.54) is 4.88 Å². The van der Waals surface area contributed by atoms with Crippen LogP contribution in [-0.4, -0.2) is 46.4 Å². The highest BCUT2D eigenvalue weighted by Gasteiger charge is 2.65. The predicted octanol–water partition coefficient (Wildman–Crippen LogP) is 4.76. The summed E-state index contributed by atoms with van der Waals surface area (Å²) >= 11 is 1.78. The van der Waals surface area contributed by atoms with Crippen LogP contribution in [0.2, 0.25) is 0 Å². The van der Waals surface area contributed by atoms with E-state index in [-0.39, 0.29) is 5.54 Å². The molecule has 32 heavy (non-hydrogen) atoms. The minimum Gasteiger partial charge on any atom is -0.496 e. The summed E-state index contributed by atoms with van der Waals surface area (Å²) in [5.41, 5.74) is 1.91. The van der Waals surface area contributed by atoms with Crippen LogP contribution in [0.15, 0.2) is 60.8 Å². The Morgan fingerprint density at radius 2 is 1.97 bits per heavy atom. The second kappa shape index (κ2) is 7.71. The lowest BCUT2D eigenvalue weighted by molar-refractivity contribution is -0.137. The number of ether oxygens (including phenoxy) is 1. The molecule has 0 saturated carbocycles. The van der Waals surface area contributed by atoms with Crippen molar-refractivity contribution >= 4 is 17.2 Å². The third-order valence-electron chi connectivity index (χ3n) is 7.55. The fraction of sp³-hybridized carbons (Fsp3) is 0.385. The number of hydrogen-bond acceptors (Lipinski definition) is 5. The number of benzene rings is 2. The molecule has 0 radical (unpaired) electrons. The Morgan fingerprint density at radius 3 is 2.81 bits per heavy atom. The molecule has 1 aromatic heterocycles. The van der Waals surface area contributed by atoms with Gasteiger partial charge in [0, 0.05) is 47.3 Å². The average molecular weight is 446 g/mol. The zero-order valence-electron chi connectivity index (χ0n) is 18.2. The summed E-state index contributed by atoms with van der Waals surface area (Å²) in [6, 6.07) is 18.7. The Hall–Kier alpha value is -2.70. The van der Waals surface area contributed by atoms with Crippen molar-refractivity contribution in [3.05, 3.63) is 71.2 Å². The van der Waals surface area contributed by atoms with E-state index in [2.05, 4.69) is 40.1 Å². The summed E-state index contributed by atoms with van der Waals surface area (Å²) < 4.78 is 5.53. The first-order valence-electron chi connectivity index (χ1n) is 11.4. The molecule has 6 rings (SSSR count). The minimum atomic E-state index is -0.330. The maximum absolute atomic E-state index is 13.8. The zero-order chi connectivity index (χ0) is 21.7. The van der Waals surface area contributed by atoms with Crippen molar-refractivity contribution in [1.82, 2.24) is 14.8 Å². The van der Waals surface area contributed by atoms with E-state index in [0.29, 0.717) is 24.4 Å². The van der Waals surface area contributed by atoms with Gasteiger partial charge in [0.25, 0.3) is 0 Å². The van der Waals surface area contributed by atoms with Gasteiger partial charge >= 0.3 is 0 Å². The fourth-order valence-corrected chi connectivity index (χ4v) is 7.23. The van der Waals surface area contributed by atoms with Gasteiger partial charge in [0.15, 0.2) is 0 Å². The van der Waals surface area contributed by atoms with Crippen LogP contribution in [0.25, 0.3) is 10.6 Å². The number of aromatic nitrogens is 1. The van der Waals surface area contributed by atoms with Crippen molar-refractivity contribution in [2.75, 3.05) is 20.2 Å². The van der Waals surface area contributed by atoms with Gasteiger partial charge in [-0.05, 0) is 31.9 Å². The largest absolute Gasteiger partial charge is 0.496 e. The van der Waals surface area contributed by atoms with E-state index < -0.39 is 0 Å². The van der Waals surface area contributed by atoms with Crippen LogP contribution in [0.4, 0.5) is 0 Å². The highest BCUT2D eigenvalue weighted by atomic mass is 32.1. The first kappa shape index (κ1) is 19.9. The van der Waals surface area contributed by atoms with Gasteiger partial charge in [0.05, 0.1) is 7.11 Å². The second-order valence-electron chi connectivity index (χ2n) is 9.10. The SMILES string of the molecule is COc1ccccc1CN1C[C@@H]2C[C@@H](c3cnc(-c4ccccc4)s3)N3CCC[C@@]23C1=O. The number of thiazole rings is 1. The summed E-state index contributed by atoms with van der Waals surface area (Å²) in [7, 11) is 1.69. The molecule has 3 fully saturated rings. The molecule has 3 aliphatic rings. The molecule has 1 spiro atoms. The maximum atomic E-state index is 13.8. The summed E-state index contributed by atoms with van der Waals surface area (Å²) in [5, 5.41) is 1.06. The third-order valence-corrected chi connectivity index (χ3v) is 8.70. The van der Waals surface area contributed by atoms with Crippen molar-refractivity contribution in [2.24, 2.45) is 5.92 Å². The smallest absolute Gasteiger partial charge is 0.243 e. The van der Waals surface area contributed by atoms with Crippen molar-refractivity contribution in [3.8, 4) is 16.3 Å². The number of nitrogens with zero attached hydrogens (tertiary/aromatic N) is 3. The molecule has 1 amide bonds. The molecule has 3 aromatic rings. The molecule has 6 heteroatoms. The molecule has 164 valence electrons. The molecule has 3 atom stereocenters. The van der Waals surface area contributed by atoms with E-state index in [1.807, 2.05) is 30.5 Å². The van der Waals surface area contributed by atoms with Gasteiger partial charge in [0.2, 0.25) is 5.91 Å². The van der Waals surface area contributed by atoms with Crippen LogP contribution in [0.1, 0.15) is 35.7 Å². The number of hydrogen-bond donors (Lipinski definition) is 0. The van der Waals surface area contributed by atoms with Gasteiger partial charge in [-0.15, -0.1) is 11.3 Å². The second-order valence-corrected chi connectivity index (χ2v) is 10.2. The summed E-state index contributed by atoms with van der Waals surface area (Å²) in [6.07, 6.45) is 5.14. The van der Waals surface area contributed by atoms with Gasteiger partial charge in [-0.25, -0.2) is 4.98 Å². The van der Waals surface area contributed by atoms with Gasteiger partial charge in [-0.1, -0.05) is 48.5 Å². The normalized spacial score (nSPS) is 27.0. The Kier molecular flexibility index (Phi) is 4.81. The van der Waals surface area contributed by atoms with E-state index in [9.17, 15) is 4.79 Å². The molecular formula is C26H27N3O2S. The number of carbonyl (C=O) groups excluding carboxylic acids is 1. The number of para-hydroxylation sites is 1. The summed E-state index contributed by atoms with van der Waals surface area (Å²) in [4.78, 5) is 24.4. The van der Waals surface area contributed by atoms with Crippen LogP contribution in [-0.2, 0) is 11.3 Å². The standard InChI is InChI=1S/C26H27N3O2S/c1-31-22-11-6-5-10-19(22)16-28-17-20-14-21(29-13-7-12-26(20,29)25(28)30)23-15-27-24(32-23)18-8-3-2-4-9-18/h2-6,8-11,15,20-21H,7,12-14,16-17H2,1H3/t20-,21-,26-/m0/s1. The third kappa shape index (κ3) is 2.93. The fourth-order valence-electron chi connectivity index (χ4n) is 6.18. The van der Waals surface area contributed by atoms with Crippen molar-refractivity contribution in [3.63, 3.8) is 0 Å². The predicted molar refractivity (Wildman–Crippen MR) is 125 cm³/mol. The Morgan fingerprint density at radius 1 is 1.16 bits per heavy atom. The lowest BCUT2D eigenvalue weighted by Crippen LogP contribution is -2.49. The molecule has 0 N–H and O–H groups in total. The number of amides is 1. The molecule has 3 aliphatic heterocycles. The number of methoxy groups -OCH3 is 1. The lowest BCUT2D eigenvalue weighted by Gasteiger charge is -2.33. The number of likely N-dealkylation sites (tertiary alicyclic amines) is 1. The average Bonchev–Trinajstić information content (AvgIpc) is 3.58. The van der Waals surface area contributed by atoms with Gasteiger partial charge < -0.3 is 9.64 Å². The molecule has 2 aromatic carbocycles. The maximum Gasteiger partial charge on any atom is 0.243 e. The van der Waals surface area contributed by atoms with Gasteiger partial charge in [0.1, 0.15) is 16.3 Å². The number of rotatable bonds is 5. The lowest BCUT2D eigenvalue weighted by atomic mass is 9.85. The minimum absolute atomic E-state index is 0.301. The van der Waals surface area contributed by atoms with Crippen molar-refractivity contribution in [1.29, 1.82) is 0 Å². The molecule has 0 bridgehead atoms. The van der Waals surface area contributed by atoms with Gasteiger partial charge in [-0.2, -0.15) is 0 Å². The highest BCUT2D eigenvalue weighted by Crippen LogP contribution is 2.57. The van der Waals surface area contributed by atoms with Crippen LogP contribution < -0.4 is 4.74 Å². The molecule has 3 saturated heterocycles. The summed E-state index contributed by atoms with van der Waals surface area (Å²) in [6.45, 7) is 2.44. The van der Waals surface area contributed by atoms with E-state index in [1.54, 1.807) is 18.4 Å².